The molecule has 1 fully saturated rings. The number of carbonyl (C=O) groups is 2. The molecule has 1 saturated carbocycles. The van der Waals surface area contributed by atoms with Crippen LogP contribution in [-0.4, -0.2) is 36.5 Å². The molecule has 5 rings (SSSR count). The molecule has 0 aliphatic heterocycles. The molecular formula is C20H16N6O2. The Morgan fingerprint density at radius 2 is 2.04 bits per heavy atom. The van der Waals surface area contributed by atoms with Crippen LogP contribution < -0.4 is 5.32 Å². The van der Waals surface area contributed by atoms with Crippen molar-refractivity contribution < 1.29 is 9.59 Å². The van der Waals surface area contributed by atoms with Gasteiger partial charge >= 0.3 is 0 Å². The van der Waals surface area contributed by atoms with Gasteiger partial charge in [-0.3, -0.25) is 23.8 Å². The molecule has 1 aliphatic rings. The molecule has 28 heavy (non-hydrogen) atoms. The molecule has 4 aromatic rings. The van der Waals surface area contributed by atoms with Crippen LogP contribution in [-0.2, 0) is 0 Å². The third kappa shape index (κ3) is 2.94. The number of carbonyl (C=O) groups excluding carboxylic acids is 2. The molecule has 0 unspecified atom stereocenters. The maximum absolute atomic E-state index is 12.6. The molecule has 1 aliphatic carbocycles. The first kappa shape index (κ1) is 16.4. The van der Waals surface area contributed by atoms with Gasteiger partial charge in [-0.25, -0.2) is 4.98 Å². The molecule has 4 heterocycles. The van der Waals surface area contributed by atoms with Gasteiger partial charge in [0.15, 0.2) is 12.1 Å². The first-order chi connectivity index (χ1) is 13.7. The van der Waals surface area contributed by atoms with E-state index in [0.29, 0.717) is 34.3 Å². The Morgan fingerprint density at radius 3 is 2.86 bits per heavy atom. The highest BCUT2D eigenvalue weighted by molar-refractivity contribution is 6.03. The average Bonchev–Trinajstić information content (AvgIpc) is 3.33. The number of aldehydes is 1. The van der Waals surface area contributed by atoms with Gasteiger partial charge in [-0.05, 0) is 31.0 Å². The highest BCUT2D eigenvalue weighted by atomic mass is 16.1. The van der Waals surface area contributed by atoms with Crippen LogP contribution in [0.2, 0.25) is 0 Å². The number of fused-ring (bicyclic) bond motifs is 1. The Labute approximate surface area is 159 Å². The summed E-state index contributed by atoms with van der Waals surface area (Å²) in [4.78, 5) is 32.1. The number of aromatic nitrogens is 5. The second-order valence-corrected chi connectivity index (χ2v) is 6.78. The first-order valence-electron chi connectivity index (χ1n) is 8.95. The molecule has 4 aromatic heterocycles. The number of anilines is 1. The molecule has 1 N–H and O–H groups in total. The van der Waals surface area contributed by atoms with Gasteiger partial charge in [-0.2, -0.15) is 5.10 Å². The van der Waals surface area contributed by atoms with Crippen molar-refractivity contribution in [2.75, 3.05) is 5.32 Å². The van der Waals surface area contributed by atoms with Crippen LogP contribution in [0.4, 0.5) is 5.82 Å². The lowest BCUT2D eigenvalue weighted by molar-refractivity contribution is 0.102. The number of amides is 1. The Bertz CT molecular complexity index is 1200. The summed E-state index contributed by atoms with van der Waals surface area (Å²) in [6, 6.07) is 7.64. The Hall–Kier alpha value is -3.81. The summed E-state index contributed by atoms with van der Waals surface area (Å²) < 4.78 is 3.71. The number of nitrogens with zero attached hydrogens (tertiary/aromatic N) is 5. The standard InChI is InChI=1S/C20H16N6O2/c27-12-13-7-14-3-5-25(19(14)22-9-13)17-8-15(10-21-11-17)20(28)23-18-4-6-26(24-18)16-1-2-16/h3-12,16H,1-2H2,(H,23,24,28). The minimum atomic E-state index is -0.275. The minimum absolute atomic E-state index is 0.275. The molecule has 0 aromatic carbocycles. The van der Waals surface area contributed by atoms with Crippen molar-refractivity contribution in [2.45, 2.75) is 18.9 Å². The lowest BCUT2D eigenvalue weighted by Crippen LogP contribution is -2.13. The molecular weight excluding hydrogens is 356 g/mol. The molecule has 8 nitrogen and oxygen atoms in total. The normalized spacial score (nSPS) is 13.6. The van der Waals surface area contributed by atoms with E-state index in [9.17, 15) is 9.59 Å². The number of pyridine rings is 2. The van der Waals surface area contributed by atoms with Crippen molar-refractivity contribution in [1.82, 2.24) is 24.3 Å². The van der Waals surface area contributed by atoms with Crippen molar-refractivity contribution in [1.29, 1.82) is 0 Å². The van der Waals surface area contributed by atoms with E-state index in [1.165, 1.54) is 12.4 Å². The van der Waals surface area contributed by atoms with E-state index < -0.39 is 0 Å². The maximum Gasteiger partial charge on any atom is 0.258 e. The number of nitrogens with one attached hydrogen (secondary N) is 1. The zero-order valence-electron chi connectivity index (χ0n) is 14.8. The Kier molecular flexibility index (Phi) is 3.75. The van der Waals surface area contributed by atoms with Crippen molar-refractivity contribution in [3.05, 3.63) is 66.4 Å². The largest absolute Gasteiger partial charge is 0.305 e. The fourth-order valence-corrected chi connectivity index (χ4v) is 3.13. The summed E-state index contributed by atoms with van der Waals surface area (Å²) in [6.07, 6.45) is 11.4. The lowest BCUT2D eigenvalue weighted by atomic mass is 10.2. The van der Waals surface area contributed by atoms with E-state index in [-0.39, 0.29) is 5.91 Å². The summed E-state index contributed by atoms with van der Waals surface area (Å²) in [5.74, 6) is 0.250. The van der Waals surface area contributed by atoms with E-state index in [2.05, 4.69) is 20.4 Å². The number of hydrogen-bond donors (Lipinski definition) is 1. The molecule has 0 saturated heterocycles. The van der Waals surface area contributed by atoms with Crippen LogP contribution in [0.5, 0.6) is 0 Å². The first-order valence-corrected chi connectivity index (χ1v) is 8.95. The summed E-state index contributed by atoms with van der Waals surface area (Å²) >= 11 is 0. The lowest BCUT2D eigenvalue weighted by Gasteiger charge is -2.07. The fourth-order valence-electron chi connectivity index (χ4n) is 3.13. The number of rotatable bonds is 5. The van der Waals surface area contributed by atoms with Gasteiger partial charge in [0.1, 0.15) is 5.65 Å². The maximum atomic E-state index is 12.6. The van der Waals surface area contributed by atoms with Gasteiger partial charge in [0.05, 0.1) is 23.5 Å². The van der Waals surface area contributed by atoms with E-state index in [1.54, 1.807) is 24.4 Å². The van der Waals surface area contributed by atoms with Crippen molar-refractivity contribution in [2.24, 2.45) is 0 Å². The number of hydrogen-bond acceptors (Lipinski definition) is 5. The average molecular weight is 372 g/mol. The third-order valence-electron chi connectivity index (χ3n) is 4.72. The van der Waals surface area contributed by atoms with E-state index in [0.717, 1.165) is 24.5 Å². The Morgan fingerprint density at radius 1 is 1.14 bits per heavy atom. The molecule has 0 bridgehead atoms. The molecule has 8 heteroatoms. The summed E-state index contributed by atoms with van der Waals surface area (Å²) in [7, 11) is 0. The van der Waals surface area contributed by atoms with Gasteiger partial charge in [-0.1, -0.05) is 0 Å². The highest BCUT2D eigenvalue weighted by Gasteiger charge is 2.24. The second-order valence-electron chi connectivity index (χ2n) is 6.78. The molecule has 0 atom stereocenters. The van der Waals surface area contributed by atoms with Gasteiger partial charge in [0, 0.05) is 41.8 Å². The van der Waals surface area contributed by atoms with Crippen LogP contribution in [0, 0.1) is 0 Å². The summed E-state index contributed by atoms with van der Waals surface area (Å²) in [5.41, 5.74) is 2.33. The van der Waals surface area contributed by atoms with Crippen LogP contribution in [0.15, 0.2) is 55.2 Å². The highest BCUT2D eigenvalue weighted by Crippen LogP contribution is 2.34. The predicted octanol–water partition coefficient (Wildman–Crippen LogP) is 3.02. The SMILES string of the molecule is O=Cc1cnc2c(ccn2-c2cncc(C(=O)Nc3ccn(C4CC4)n3)c2)c1. The second kappa shape index (κ2) is 6.41. The fraction of sp³-hybridized carbons (Fsp3) is 0.150. The smallest absolute Gasteiger partial charge is 0.258 e. The van der Waals surface area contributed by atoms with Crippen molar-refractivity contribution in [3.63, 3.8) is 0 Å². The predicted molar refractivity (Wildman–Crippen MR) is 103 cm³/mol. The quantitative estimate of drug-likeness (QED) is 0.544. The van der Waals surface area contributed by atoms with E-state index in [4.69, 9.17) is 0 Å². The van der Waals surface area contributed by atoms with E-state index >= 15 is 0 Å². The minimum Gasteiger partial charge on any atom is -0.305 e. The van der Waals surface area contributed by atoms with Crippen LogP contribution in [0.25, 0.3) is 16.7 Å². The summed E-state index contributed by atoms with van der Waals surface area (Å²) in [6.45, 7) is 0. The summed E-state index contributed by atoms with van der Waals surface area (Å²) in [5, 5.41) is 8.04. The van der Waals surface area contributed by atoms with Crippen LogP contribution in [0.1, 0.15) is 39.6 Å². The monoisotopic (exact) mass is 372 g/mol. The van der Waals surface area contributed by atoms with Gasteiger partial charge in [0.2, 0.25) is 0 Å². The Balaban J connectivity index is 1.42. The van der Waals surface area contributed by atoms with Crippen molar-refractivity contribution in [3.8, 4) is 5.69 Å². The molecule has 0 radical (unpaired) electrons. The van der Waals surface area contributed by atoms with Gasteiger partial charge in [-0.15, -0.1) is 0 Å². The van der Waals surface area contributed by atoms with E-state index in [1.807, 2.05) is 27.7 Å². The van der Waals surface area contributed by atoms with Gasteiger partial charge < -0.3 is 5.32 Å². The zero-order chi connectivity index (χ0) is 19.1. The third-order valence-corrected chi connectivity index (χ3v) is 4.72. The van der Waals surface area contributed by atoms with Crippen LogP contribution >= 0.6 is 0 Å². The van der Waals surface area contributed by atoms with Gasteiger partial charge in [0.25, 0.3) is 5.91 Å². The zero-order valence-corrected chi connectivity index (χ0v) is 14.8. The van der Waals surface area contributed by atoms with Crippen LogP contribution in [0.3, 0.4) is 0 Å². The molecule has 0 spiro atoms. The molecule has 138 valence electrons. The topological polar surface area (TPSA) is 94.7 Å². The van der Waals surface area contributed by atoms with Crippen molar-refractivity contribution >= 4 is 29.0 Å². The molecule has 1 amide bonds.